The molecule has 27 heavy (non-hydrogen) atoms. The molecule has 0 bridgehead atoms. The van der Waals surface area contributed by atoms with Gasteiger partial charge in [-0.1, -0.05) is 15.9 Å². The van der Waals surface area contributed by atoms with Crippen molar-refractivity contribution in [3.63, 3.8) is 0 Å². The SMILES string of the molecule is O=C(CCn1cnc2ccc(Br)cc2c1=O)NCC(=O)Nc1cccnc1. The van der Waals surface area contributed by atoms with Crippen LogP contribution in [0.15, 0.2) is 58.3 Å². The van der Waals surface area contributed by atoms with Crippen molar-refractivity contribution in [2.24, 2.45) is 0 Å². The molecule has 2 amide bonds. The minimum absolute atomic E-state index is 0.0568. The second kappa shape index (κ2) is 8.54. The van der Waals surface area contributed by atoms with Gasteiger partial charge in [-0.05, 0) is 30.3 Å². The number of nitrogens with zero attached hydrogens (tertiary/aromatic N) is 3. The molecule has 138 valence electrons. The molecule has 0 atom stereocenters. The first kappa shape index (κ1) is 18.7. The standard InChI is InChI=1S/C18H16BrN5O3/c19-12-3-4-15-14(8-12)18(27)24(11-22-15)7-5-16(25)21-10-17(26)23-13-2-1-6-20-9-13/h1-4,6,8-9,11H,5,7,10H2,(H,21,25)(H,23,26). The summed E-state index contributed by atoms with van der Waals surface area (Å²) in [6.07, 6.45) is 4.58. The Bertz CT molecular complexity index is 1040. The lowest BCUT2D eigenvalue weighted by Gasteiger charge is -2.08. The van der Waals surface area contributed by atoms with Gasteiger partial charge in [-0.15, -0.1) is 0 Å². The molecule has 0 aliphatic carbocycles. The van der Waals surface area contributed by atoms with Crippen molar-refractivity contribution in [1.29, 1.82) is 0 Å². The fraction of sp³-hybridized carbons (Fsp3) is 0.167. The molecule has 0 saturated heterocycles. The second-order valence-electron chi connectivity index (χ2n) is 5.72. The van der Waals surface area contributed by atoms with Gasteiger partial charge < -0.3 is 10.6 Å². The van der Waals surface area contributed by atoms with E-state index in [-0.39, 0.29) is 36.9 Å². The van der Waals surface area contributed by atoms with E-state index in [0.717, 1.165) is 4.47 Å². The maximum absolute atomic E-state index is 12.5. The van der Waals surface area contributed by atoms with Crippen molar-refractivity contribution >= 4 is 44.3 Å². The van der Waals surface area contributed by atoms with Crippen molar-refractivity contribution < 1.29 is 9.59 Å². The maximum atomic E-state index is 12.5. The minimum Gasteiger partial charge on any atom is -0.347 e. The van der Waals surface area contributed by atoms with Crippen molar-refractivity contribution in [2.75, 3.05) is 11.9 Å². The van der Waals surface area contributed by atoms with Crippen LogP contribution in [-0.4, -0.2) is 32.9 Å². The molecule has 1 aromatic carbocycles. The highest BCUT2D eigenvalue weighted by atomic mass is 79.9. The van der Waals surface area contributed by atoms with E-state index in [1.54, 1.807) is 30.5 Å². The minimum atomic E-state index is -0.356. The van der Waals surface area contributed by atoms with E-state index < -0.39 is 0 Å². The van der Waals surface area contributed by atoms with Gasteiger partial charge >= 0.3 is 0 Å². The molecule has 2 aromatic heterocycles. The first-order valence-electron chi connectivity index (χ1n) is 8.14. The van der Waals surface area contributed by atoms with E-state index in [2.05, 4.69) is 36.5 Å². The number of aryl methyl sites for hydroxylation is 1. The number of carbonyl (C=O) groups is 2. The summed E-state index contributed by atoms with van der Waals surface area (Å²) >= 11 is 3.33. The third-order valence-corrected chi connectivity index (χ3v) is 4.25. The zero-order valence-electron chi connectivity index (χ0n) is 14.2. The quantitative estimate of drug-likeness (QED) is 0.620. The lowest BCUT2D eigenvalue weighted by atomic mass is 10.2. The molecule has 3 rings (SSSR count). The maximum Gasteiger partial charge on any atom is 0.261 e. The summed E-state index contributed by atoms with van der Waals surface area (Å²) in [7, 11) is 0. The Kier molecular flexibility index (Phi) is 5.92. The van der Waals surface area contributed by atoms with Crippen molar-refractivity contribution in [1.82, 2.24) is 19.9 Å². The number of hydrogen-bond donors (Lipinski definition) is 2. The summed E-state index contributed by atoms with van der Waals surface area (Å²) in [5.74, 6) is -0.691. The Labute approximate surface area is 162 Å². The molecule has 0 fully saturated rings. The van der Waals surface area contributed by atoms with Crippen molar-refractivity contribution in [3.8, 4) is 0 Å². The Morgan fingerprint density at radius 2 is 2.04 bits per heavy atom. The highest BCUT2D eigenvalue weighted by Crippen LogP contribution is 2.14. The summed E-state index contributed by atoms with van der Waals surface area (Å²) < 4.78 is 2.16. The van der Waals surface area contributed by atoms with E-state index in [1.165, 1.54) is 17.1 Å². The largest absolute Gasteiger partial charge is 0.347 e. The fourth-order valence-corrected chi connectivity index (χ4v) is 2.78. The summed E-state index contributed by atoms with van der Waals surface area (Å²) in [6, 6.07) is 8.65. The van der Waals surface area contributed by atoms with Gasteiger partial charge in [-0.2, -0.15) is 0 Å². The molecule has 0 aliphatic heterocycles. The Morgan fingerprint density at radius 3 is 2.81 bits per heavy atom. The Hall–Kier alpha value is -3.07. The number of carbonyl (C=O) groups excluding carboxylic acids is 2. The normalized spacial score (nSPS) is 10.6. The molecule has 0 saturated carbocycles. The molecule has 0 aliphatic rings. The molecule has 0 unspecified atom stereocenters. The van der Waals surface area contributed by atoms with Gasteiger partial charge in [-0.25, -0.2) is 4.98 Å². The molecule has 2 heterocycles. The van der Waals surface area contributed by atoms with Crippen molar-refractivity contribution in [3.05, 3.63) is 63.9 Å². The summed E-state index contributed by atoms with van der Waals surface area (Å²) in [4.78, 5) is 44.3. The number of rotatable bonds is 6. The second-order valence-corrected chi connectivity index (χ2v) is 6.64. The Balaban J connectivity index is 1.53. The molecular formula is C18H16BrN5O3. The number of aromatic nitrogens is 3. The first-order chi connectivity index (χ1) is 13.0. The fourth-order valence-electron chi connectivity index (χ4n) is 2.42. The van der Waals surface area contributed by atoms with E-state index >= 15 is 0 Å². The van der Waals surface area contributed by atoms with Gasteiger partial charge in [0.1, 0.15) is 0 Å². The number of fused-ring (bicyclic) bond motifs is 1. The summed E-state index contributed by atoms with van der Waals surface area (Å²) in [6.45, 7) is 0.00981. The molecular weight excluding hydrogens is 414 g/mol. The highest BCUT2D eigenvalue weighted by molar-refractivity contribution is 9.10. The zero-order valence-corrected chi connectivity index (χ0v) is 15.8. The van der Waals surface area contributed by atoms with E-state index in [9.17, 15) is 14.4 Å². The molecule has 0 spiro atoms. The van der Waals surface area contributed by atoms with Gasteiger partial charge in [0.25, 0.3) is 5.56 Å². The molecule has 2 N–H and O–H groups in total. The van der Waals surface area contributed by atoms with Crippen LogP contribution in [0.25, 0.3) is 10.9 Å². The average Bonchev–Trinajstić information content (AvgIpc) is 2.67. The summed E-state index contributed by atoms with van der Waals surface area (Å²) in [5, 5.41) is 5.62. The topological polar surface area (TPSA) is 106 Å². The van der Waals surface area contributed by atoms with Gasteiger partial charge in [0.2, 0.25) is 11.8 Å². The number of anilines is 1. The van der Waals surface area contributed by atoms with Gasteiger partial charge in [0.05, 0.1) is 35.7 Å². The van der Waals surface area contributed by atoms with Crippen LogP contribution in [0.1, 0.15) is 6.42 Å². The molecule has 9 heteroatoms. The average molecular weight is 430 g/mol. The number of benzene rings is 1. The number of halogens is 1. The van der Waals surface area contributed by atoms with Crippen LogP contribution in [-0.2, 0) is 16.1 Å². The monoisotopic (exact) mass is 429 g/mol. The van der Waals surface area contributed by atoms with Gasteiger partial charge in [0.15, 0.2) is 0 Å². The van der Waals surface area contributed by atoms with Crippen LogP contribution in [0.5, 0.6) is 0 Å². The lowest BCUT2D eigenvalue weighted by molar-refractivity contribution is -0.124. The zero-order chi connectivity index (χ0) is 19.2. The van der Waals surface area contributed by atoms with Crippen LogP contribution in [0.2, 0.25) is 0 Å². The van der Waals surface area contributed by atoms with Crippen LogP contribution in [0, 0.1) is 0 Å². The number of amides is 2. The van der Waals surface area contributed by atoms with Crippen LogP contribution >= 0.6 is 15.9 Å². The third kappa shape index (κ3) is 4.98. The predicted molar refractivity (Wildman–Crippen MR) is 104 cm³/mol. The summed E-state index contributed by atoms with van der Waals surface area (Å²) in [5.41, 5.74) is 0.927. The third-order valence-electron chi connectivity index (χ3n) is 3.76. The smallest absolute Gasteiger partial charge is 0.261 e. The number of hydrogen-bond acceptors (Lipinski definition) is 5. The highest BCUT2D eigenvalue weighted by Gasteiger charge is 2.09. The Morgan fingerprint density at radius 1 is 1.19 bits per heavy atom. The van der Waals surface area contributed by atoms with Gasteiger partial charge in [0, 0.05) is 23.6 Å². The molecule has 0 radical (unpaired) electrons. The van der Waals surface area contributed by atoms with E-state index in [4.69, 9.17) is 0 Å². The molecule has 8 nitrogen and oxygen atoms in total. The van der Waals surface area contributed by atoms with Gasteiger partial charge in [-0.3, -0.25) is 23.9 Å². The lowest BCUT2D eigenvalue weighted by Crippen LogP contribution is -2.34. The van der Waals surface area contributed by atoms with E-state index in [1.807, 2.05) is 6.07 Å². The first-order valence-corrected chi connectivity index (χ1v) is 8.93. The van der Waals surface area contributed by atoms with Crippen LogP contribution in [0.3, 0.4) is 0 Å². The number of pyridine rings is 1. The van der Waals surface area contributed by atoms with E-state index in [0.29, 0.717) is 16.6 Å². The van der Waals surface area contributed by atoms with Crippen LogP contribution in [0.4, 0.5) is 5.69 Å². The van der Waals surface area contributed by atoms with Crippen molar-refractivity contribution in [2.45, 2.75) is 13.0 Å². The predicted octanol–water partition coefficient (Wildman–Crippen LogP) is 1.70. The van der Waals surface area contributed by atoms with Crippen LogP contribution < -0.4 is 16.2 Å². The molecule has 3 aromatic rings. The number of nitrogens with one attached hydrogen (secondary N) is 2.